The Kier molecular flexibility index (Phi) is 8.02. The topological polar surface area (TPSA) is 46.5 Å². The molecule has 0 saturated heterocycles. The quantitative estimate of drug-likeness (QED) is 0.237. The predicted octanol–water partition coefficient (Wildman–Crippen LogP) is 7.73. The van der Waals surface area contributed by atoms with Gasteiger partial charge in [-0.25, -0.2) is 0 Å². The summed E-state index contributed by atoms with van der Waals surface area (Å²) in [5, 5.41) is 10.8. The molecule has 1 heterocycles. The van der Waals surface area contributed by atoms with E-state index in [1.807, 2.05) is 12.1 Å². The van der Waals surface area contributed by atoms with Crippen LogP contribution in [0, 0.1) is 5.92 Å². The van der Waals surface area contributed by atoms with E-state index in [0.717, 1.165) is 42.6 Å². The molecule has 0 saturated carbocycles. The molecule has 2 unspecified atom stereocenters. The molecule has 1 aliphatic carbocycles. The Morgan fingerprint density at radius 2 is 1.87 bits per heavy atom. The maximum atomic E-state index is 12.3. The lowest BCUT2D eigenvalue weighted by Gasteiger charge is -2.47. The smallest absolute Gasteiger partial charge is 0.155 e. The summed E-state index contributed by atoms with van der Waals surface area (Å²) in [7, 11) is 0. The largest absolute Gasteiger partial charge is 0.507 e. The van der Waals surface area contributed by atoms with Gasteiger partial charge in [-0.2, -0.15) is 0 Å². The van der Waals surface area contributed by atoms with E-state index in [-0.39, 0.29) is 23.1 Å². The molecule has 1 aliphatic heterocycles. The zero-order valence-corrected chi connectivity index (χ0v) is 19.9. The number of benzene rings is 1. The lowest BCUT2D eigenvalue weighted by molar-refractivity contribution is -0.114. The first kappa shape index (κ1) is 23.6. The van der Waals surface area contributed by atoms with Gasteiger partial charge in [-0.1, -0.05) is 63.2 Å². The minimum Gasteiger partial charge on any atom is -0.507 e. The molecule has 1 aromatic carbocycles. The van der Waals surface area contributed by atoms with E-state index in [1.165, 1.54) is 37.7 Å². The molecule has 0 spiro atoms. The molecule has 3 nitrogen and oxygen atoms in total. The highest BCUT2D eigenvalue weighted by atomic mass is 16.5. The second-order valence-corrected chi connectivity index (χ2v) is 10.0. The number of rotatable bonds is 10. The molecule has 3 heteroatoms. The van der Waals surface area contributed by atoms with Gasteiger partial charge in [0.2, 0.25) is 0 Å². The zero-order chi connectivity index (χ0) is 22.4. The van der Waals surface area contributed by atoms with Gasteiger partial charge < -0.3 is 9.84 Å². The predicted molar refractivity (Wildman–Crippen MR) is 129 cm³/mol. The summed E-state index contributed by atoms with van der Waals surface area (Å²) >= 11 is 0. The van der Waals surface area contributed by atoms with Crippen LogP contribution in [0.25, 0.3) is 6.08 Å². The number of phenolic OH excluding ortho intramolecular Hbond substituents is 1. The molecular formula is C28H40O3. The fourth-order valence-electron chi connectivity index (χ4n) is 5.21. The maximum Gasteiger partial charge on any atom is 0.155 e. The monoisotopic (exact) mass is 424 g/mol. The number of ketones is 1. The third kappa shape index (κ3) is 6.02. The van der Waals surface area contributed by atoms with Crippen molar-refractivity contribution in [2.45, 2.75) is 103 Å². The van der Waals surface area contributed by atoms with Crippen LogP contribution in [0.5, 0.6) is 11.5 Å². The van der Waals surface area contributed by atoms with Gasteiger partial charge in [0.05, 0.1) is 0 Å². The highest BCUT2D eigenvalue weighted by molar-refractivity contribution is 5.93. The lowest BCUT2D eigenvalue weighted by atomic mass is 9.67. The Balaban J connectivity index is 1.62. The van der Waals surface area contributed by atoms with Gasteiger partial charge in [0.1, 0.15) is 17.1 Å². The van der Waals surface area contributed by atoms with Crippen LogP contribution in [0.1, 0.15) is 109 Å². The van der Waals surface area contributed by atoms with E-state index in [0.29, 0.717) is 12.3 Å². The van der Waals surface area contributed by atoms with Crippen molar-refractivity contribution >= 4 is 11.9 Å². The average Bonchev–Trinajstić information content (AvgIpc) is 2.70. The lowest BCUT2D eigenvalue weighted by Crippen LogP contribution is -2.45. The summed E-state index contributed by atoms with van der Waals surface area (Å²) in [6.07, 6.45) is 16.8. The van der Waals surface area contributed by atoms with Crippen molar-refractivity contribution in [3.63, 3.8) is 0 Å². The minimum absolute atomic E-state index is 0.153. The van der Waals surface area contributed by atoms with Crippen molar-refractivity contribution in [3.05, 3.63) is 41.0 Å². The van der Waals surface area contributed by atoms with Crippen LogP contribution < -0.4 is 4.74 Å². The van der Waals surface area contributed by atoms with E-state index < -0.39 is 0 Å². The van der Waals surface area contributed by atoms with Crippen molar-refractivity contribution in [1.82, 2.24) is 0 Å². The summed E-state index contributed by atoms with van der Waals surface area (Å²) in [4.78, 5) is 12.3. The second-order valence-electron chi connectivity index (χ2n) is 10.0. The zero-order valence-electron chi connectivity index (χ0n) is 19.9. The third-order valence-electron chi connectivity index (χ3n) is 7.02. The molecule has 0 fully saturated rings. The Hall–Kier alpha value is -2.03. The molecule has 1 aromatic rings. The van der Waals surface area contributed by atoms with Crippen LogP contribution in [-0.2, 0) is 4.79 Å². The Labute approximate surface area is 188 Å². The van der Waals surface area contributed by atoms with Crippen LogP contribution in [0.3, 0.4) is 0 Å². The summed E-state index contributed by atoms with van der Waals surface area (Å²) < 4.78 is 6.36. The highest BCUT2D eigenvalue weighted by Crippen LogP contribution is 2.54. The molecule has 0 aromatic heterocycles. The first-order valence-electron chi connectivity index (χ1n) is 12.2. The summed E-state index contributed by atoms with van der Waals surface area (Å²) in [5.74, 6) is 1.84. The van der Waals surface area contributed by atoms with Crippen LogP contribution in [0.15, 0.2) is 29.9 Å². The fraction of sp³-hybridized carbons (Fsp3) is 0.607. The minimum atomic E-state index is -0.281. The number of aromatic hydroxyl groups is 1. The number of ether oxygens (including phenoxy) is 1. The molecular weight excluding hydrogens is 384 g/mol. The van der Waals surface area contributed by atoms with E-state index >= 15 is 0 Å². The maximum absolute atomic E-state index is 12.3. The van der Waals surface area contributed by atoms with E-state index in [2.05, 4.69) is 33.8 Å². The van der Waals surface area contributed by atoms with Crippen molar-refractivity contribution in [2.24, 2.45) is 5.92 Å². The van der Waals surface area contributed by atoms with Crippen LogP contribution in [0.4, 0.5) is 0 Å². The van der Waals surface area contributed by atoms with E-state index in [1.54, 1.807) is 12.1 Å². The van der Waals surface area contributed by atoms with E-state index in [4.69, 9.17) is 4.74 Å². The number of phenols is 1. The molecule has 0 amide bonds. The number of fused-ring (bicyclic) bond motifs is 3. The number of carbonyl (C=O) groups is 1. The van der Waals surface area contributed by atoms with Crippen molar-refractivity contribution in [1.29, 1.82) is 0 Å². The van der Waals surface area contributed by atoms with Crippen LogP contribution in [-0.4, -0.2) is 16.5 Å². The van der Waals surface area contributed by atoms with Crippen molar-refractivity contribution < 1.29 is 14.6 Å². The summed E-state index contributed by atoms with van der Waals surface area (Å²) in [6, 6.07) is 3.76. The number of hydrogen-bond acceptors (Lipinski definition) is 3. The molecule has 31 heavy (non-hydrogen) atoms. The average molecular weight is 425 g/mol. The standard InChI is InChI=1S/C28H40O3/c1-5-6-7-8-9-10-11-12-22(29)15-14-21-18-25(30)27-23-17-20(2)13-16-24(23)28(3,4)31-26(27)19-21/h13-15,18-19,23-24,30H,5-12,16-17H2,1-4H3. The van der Waals surface area contributed by atoms with Gasteiger partial charge >= 0.3 is 0 Å². The van der Waals surface area contributed by atoms with Crippen LogP contribution >= 0.6 is 0 Å². The molecule has 0 bridgehead atoms. The van der Waals surface area contributed by atoms with Gasteiger partial charge in [-0.3, -0.25) is 4.79 Å². The van der Waals surface area contributed by atoms with Gasteiger partial charge in [-0.15, -0.1) is 0 Å². The number of allylic oxidation sites excluding steroid dienone is 3. The third-order valence-corrected chi connectivity index (χ3v) is 7.02. The number of unbranched alkanes of at least 4 members (excludes halogenated alkanes) is 6. The fourth-order valence-corrected chi connectivity index (χ4v) is 5.21. The molecule has 1 N–H and O–H groups in total. The van der Waals surface area contributed by atoms with Crippen molar-refractivity contribution in [3.8, 4) is 11.5 Å². The SMILES string of the molecule is CCCCCCCCCC(=O)C=Cc1cc(O)c2c(c1)OC(C)(C)C1CC=C(C)CC21. The normalized spacial score (nSPS) is 21.9. The first-order valence-corrected chi connectivity index (χ1v) is 12.2. The highest BCUT2D eigenvalue weighted by Gasteiger charge is 2.45. The summed E-state index contributed by atoms with van der Waals surface area (Å²) in [6.45, 7) is 8.69. The number of hydrogen-bond donors (Lipinski definition) is 1. The van der Waals surface area contributed by atoms with Gasteiger partial charge in [0, 0.05) is 23.8 Å². The summed E-state index contributed by atoms with van der Waals surface area (Å²) in [5.41, 5.74) is 2.85. The van der Waals surface area contributed by atoms with Gasteiger partial charge in [0.25, 0.3) is 0 Å². The molecule has 2 atom stereocenters. The first-order chi connectivity index (χ1) is 14.8. The Morgan fingerprint density at radius 1 is 1.16 bits per heavy atom. The molecule has 170 valence electrons. The second kappa shape index (κ2) is 10.5. The van der Waals surface area contributed by atoms with Gasteiger partial charge in [0.15, 0.2) is 5.78 Å². The van der Waals surface area contributed by atoms with E-state index in [9.17, 15) is 9.90 Å². The Bertz CT molecular complexity index is 831. The molecule has 2 aliphatic rings. The Morgan fingerprint density at radius 3 is 2.61 bits per heavy atom. The van der Waals surface area contributed by atoms with Gasteiger partial charge in [-0.05, 0) is 63.8 Å². The molecule has 3 rings (SSSR count). The number of carbonyl (C=O) groups excluding carboxylic acids is 1. The van der Waals surface area contributed by atoms with Crippen LogP contribution in [0.2, 0.25) is 0 Å². The molecule has 0 radical (unpaired) electrons. The van der Waals surface area contributed by atoms with Crippen molar-refractivity contribution in [2.75, 3.05) is 0 Å².